The molecule has 2 amide bonds. The molecule has 1 heterocycles. The minimum atomic E-state index is -1.06. The number of rotatable bonds is 5. The van der Waals surface area contributed by atoms with Crippen molar-refractivity contribution in [2.24, 2.45) is 5.92 Å². The van der Waals surface area contributed by atoms with Crippen molar-refractivity contribution in [3.8, 4) is 0 Å². The molecule has 2 rings (SSSR count). The monoisotopic (exact) mass is 304 g/mol. The van der Waals surface area contributed by atoms with Gasteiger partial charge in [0.15, 0.2) is 0 Å². The number of carbonyl (C=O) groups excluding carboxylic acids is 2. The topological polar surface area (TPSA) is 95.5 Å². The van der Waals surface area contributed by atoms with Crippen LogP contribution in [0, 0.1) is 5.92 Å². The number of aliphatic carboxylic acids is 1. The van der Waals surface area contributed by atoms with Crippen LogP contribution in [0.25, 0.3) is 0 Å². The first-order valence-electron chi connectivity index (χ1n) is 7.30. The molecule has 0 aromatic heterocycles. The van der Waals surface area contributed by atoms with Crippen LogP contribution >= 0.6 is 0 Å². The standard InChI is InChI=1S/C16H20N2O4/c1-9(2)7-13(16(21)22)18-15(20)11-8-14(19)17-12-6-4-3-5-10(11)12/h3-6,9,11,13H,7-8H2,1-2H3,(H,17,19)(H,18,20)(H,21,22). The maximum absolute atomic E-state index is 12.4. The summed E-state index contributed by atoms with van der Waals surface area (Å²) in [5.74, 6) is -2.23. The van der Waals surface area contributed by atoms with E-state index in [0.717, 1.165) is 0 Å². The van der Waals surface area contributed by atoms with Gasteiger partial charge >= 0.3 is 5.97 Å². The zero-order chi connectivity index (χ0) is 16.3. The minimum Gasteiger partial charge on any atom is -0.480 e. The quantitative estimate of drug-likeness (QED) is 0.772. The van der Waals surface area contributed by atoms with Crippen molar-refractivity contribution in [1.29, 1.82) is 0 Å². The molecule has 2 unspecified atom stereocenters. The Bertz CT molecular complexity index is 598. The maximum atomic E-state index is 12.4. The number of amides is 2. The highest BCUT2D eigenvalue weighted by Crippen LogP contribution is 2.32. The molecular weight excluding hydrogens is 284 g/mol. The van der Waals surface area contributed by atoms with Gasteiger partial charge in [0.25, 0.3) is 0 Å². The van der Waals surface area contributed by atoms with E-state index in [1.54, 1.807) is 24.3 Å². The van der Waals surface area contributed by atoms with Gasteiger partial charge in [-0.3, -0.25) is 9.59 Å². The van der Waals surface area contributed by atoms with Crippen LogP contribution in [0.3, 0.4) is 0 Å². The van der Waals surface area contributed by atoms with Crippen LogP contribution in [-0.2, 0) is 14.4 Å². The molecule has 0 saturated heterocycles. The van der Waals surface area contributed by atoms with Gasteiger partial charge in [-0.2, -0.15) is 0 Å². The molecule has 6 nitrogen and oxygen atoms in total. The molecule has 2 atom stereocenters. The fourth-order valence-electron chi connectivity index (χ4n) is 2.61. The number of carbonyl (C=O) groups is 3. The molecule has 118 valence electrons. The maximum Gasteiger partial charge on any atom is 0.326 e. The Morgan fingerprint density at radius 2 is 2.05 bits per heavy atom. The lowest BCUT2D eigenvalue weighted by molar-refractivity contribution is -0.142. The normalized spacial score (nSPS) is 18.3. The van der Waals surface area contributed by atoms with Crippen molar-refractivity contribution in [2.45, 2.75) is 38.6 Å². The molecule has 1 aliphatic heterocycles. The van der Waals surface area contributed by atoms with Gasteiger partial charge in [0.05, 0.1) is 5.92 Å². The fraction of sp³-hybridized carbons (Fsp3) is 0.438. The number of para-hydroxylation sites is 1. The molecule has 22 heavy (non-hydrogen) atoms. The van der Waals surface area contributed by atoms with Gasteiger partial charge in [0.1, 0.15) is 6.04 Å². The Balaban J connectivity index is 2.18. The number of carboxylic acids is 1. The molecule has 0 saturated carbocycles. The molecule has 6 heteroatoms. The van der Waals surface area contributed by atoms with E-state index >= 15 is 0 Å². The second kappa shape index (κ2) is 6.60. The number of anilines is 1. The molecule has 0 aliphatic carbocycles. The predicted octanol–water partition coefficient (Wildman–Crippen LogP) is 1.73. The van der Waals surface area contributed by atoms with E-state index in [1.807, 2.05) is 13.8 Å². The minimum absolute atomic E-state index is 0.0247. The van der Waals surface area contributed by atoms with Crippen molar-refractivity contribution in [1.82, 2.24) is 5.32 Å². The summed E-state index contributed by atoms with van der Waals surface area (Å²) in [6, 6.07) is 6.13. The molecule has 0 radical (unpaired) electrons. The highest BCUT2D eigenvalue weighted by molar-refractivity contribution is 6.01. The predicted molar refractivity (Wildman–Crippen MR) is 81.5 cm³/mol. The van der Waals surface area contributed by atoms with Gasteiger partial charge in [0.2, 0.25) is 11.8 Å². The van der Waals surface area contributed by atoms with E-state index in [1.165, 1.54) is 0 Å². The van der Waals surface area contributed by atoms with Crippen LogP contribution in [0.5, 0.6) is 0 Å². The molecule has 0 bridgehead atoms. The van der Waals surface area contributed by atoms with Crippen LogP contribution < -0.4 is 10.6 Å². The van der Waals surface area contributed by atoms with E-state index in [-0.39, 0.29) is 18.2 Å². The summed E-state index contributed by atoms with van der Waals surface area (Å²) in [5.41, 5.74) is 1.32. The third-order valence-corrected chi connectivity index (χ3v) is 3.64. The van der Waals surface area contributed by atoms with Crippen LogP contribution in [0.2, 0.25) is 0 Å². The van der Waals surface area contributed by atoms with Crippen LogP contribution in [0.15, 0.2) is 24.3 Å². The number of fused-ring (bicyclic) bond motifs is 1. The molecule has 1 aromatic rings. The average molecular weight is 304 g/mol. The summed E-state index contributed by atoms with van der Waals surface area (Å²) in [6.45, 7) is 3.79. The van der Waals surface area contributed by atoms with E-state index < -0.39 is 23.8 Å². The molecule has 0 fully saturated rings. The van der Waals surface area contributed by atoms with E-state index in [9.17, 15) is 19.5 Å². The third-order valence-electron chi connectivity index (χ3n) is 3.64. The molecule has 1 aromatic carbocycles. The Kier molecular flexibility index (Phi) is 4.80. The van der Waals surface area contributed by atoms with Crippen LogP contribution in [0.4, 0.5) is 5.69 Å². The van der Waals surface area contributed by atoms with Crippen LogP contribution in [-0.4, -0.2) is 28.9 Å². The first-order valence-corrected chi connectivity index (χ1v) is 7.30. The van der Waals surface area contributed by atoms with Crippen LogP contribution in [0.1, 0.15) is 38.2 Å². The Labute approximate surface area is 128 Å². The molecule has 3 N–H and O–H groups in total. The SMILES string of the molecule is CC(C)CC(NC(=O)C1CC(=O)Nc2ccccc21)C(=O)O. The van der Waals surface area contributed by atoms with Crippen molar-refractivity contribution in [3.05, 3.63) is 29.8 Å². The summed E-state index contributed by atoms with van der Waals surface area (Å²) < 4.78 is 0. The van der Waals surface area contributed by atoms with Crippen molar-refractivity contribution in [2.75, 3.05) is 5.32 Å². The first-order chi connectivity index (χ1) is 10.4. The second-order valence-corrected chi connectivity index (χ2v) is 5.92. The van der Waals surface area contributed by atoms with E-state index in [2.05, 4.69) is 10.6 Å². The average Bonchev–Trinajstić information content (AvgIpc) is 2.44. The fourth-order valence-corrected chi connectivity index (χ4v) is 2.61. The summed E-state index contributed by atoms with van der Waals surface area (Å²) in [5, 5.41) is 14.5. The highest BCUT2D eigenvalue weighted by Gasteiger charge is 2.32. The lowest BCUT2D eigenvalue weighted by atomic mass is 9.89. The lowest BCUT2D eigenvalue weighted by Gasteiger charge is -2.26. The van der Waals surface area contributed by atoms with Gasteiger partial charge in [-0.15, -0.1) is 0 Å². The summed E-state index contributed by atoms with van der Waals surface area (Å²) >= 11 is 0. The smallest absolute Gasteiger partial charge is 0.326 e. The van der Waals surface area contributed by atoms with Crippen molar-refractivity contribution in [3.63, 3.8) is 0 Å². The Morgan fingerprint density at radius 1 is 1.36 bits per heavy atom. The van der Waals surface area contributed by atoms with Gasteiger partial charge in [-0.05, 0) is 24.0 Å². The Morgan fingerprint density at radius 3 is 2.68 bits per heavy atom. The van der Waals surface area contributed by atoms with Crippen molar-refractivity contribution >= 4 is 23.5 Å². The second-order valence-electron chi connectivity index (χ2n) is 5.92. The largest absolute Gasteiger partial charge is 0.480 e. The zero-order valence-electron chi connectivity index (χ0n) is 12.6. The van der Waals surface area contributed by atoms with Gasteiger partial charge in [0, 0.05) is 12.1 Å². The Hall–Kier alpha value is -2.37. The lowest BCUT2D eigenvalue weighted by Crippen LogP contribution is -2.45. The summed E-state index contributed by atoms with van der Waals surface area (Å²) in [7, 11) is 0. The summed E-state index contributed by atoms with van der Waals surface area (Å²) in [6.07, 6.45) is 0.374. The number of hydrogen-bond donors (Lipinski definition) is 3. The van der Waals surface area contributed by atoms with E-state index in [0.29, 0.717) is 17.7 Å². The number of hydrogen-bond acceptors (Lipinski definition) is 3. The zero-order valence-corrected chi connectivity index (χ0v) is 12.6. The van der Waals surface area contributed by atoms with Gasteiger partial charge < -0.3 is 15.7 Å². The van der Waals surface area contributed by atoms with Crippen molar-refractivity contribution < 1.29 is 19.5 Å². The molecular formula is C16H20N2O4. The number of carboxylic acid groups (broad SMARTS) is 1. The van der Waals surface area contributed by atoms with Gasteiger partial charge in [-0.1, -0.05) is 32.0 Å². The number of nitrogens with one attached hydrogen (secondary N) is 2. The van der Waals surface area contributed by atoms with Gasteiger partial charge in [-0.25, -0.2) is 4.79 Å². The van der Waals surface area contributed by atoms with E-state index in [4.69, 9.17) is 0 Å². The summed E-state index contributed by atoms with van der Waals surface area (Å²) in [4.78, 5) is 35.4. The molecule has 1 aliphatic rings. The first kappa shape index (κ1) is 16.0. The highest BCUT2D eigenvalue weighted by atomic mass is 16.4. The number of benzene rings is 1. The molecule has 0 spiro atoms. The third kappa shape index (κ3) is 3.63.